The highest BCUT2D eigenvalue weighted by Gasteiger charge is 2.29. The zero-order valence-electron chi connectivity index (χ0n) is 9.71. The van der Waals surface area contributed by atoms with Crippen molar-refractivity contribution in [1.29, 1.82) is 0 Å². The normalized spacial score (nSPS) is 19.4. The Kier molecular flexibility index (Phi) is 3.03. The molecule has 0 spiro atoms. The van der Waals surface area contributed by atoms with E-state index in [2.05, 4.69) is 4.98 Å². The molecule has 1 atom stereocenters. The first-order chi connectivity index (χ1) is 8.08. The molecule has 0 radical (unpaired) electrons. The minimum atomic E-state index is -0.855. The molecule has 0 aromatic carbocycles. The third-order valence-electron chi connectivity index (χ3n) is 3.11. The molecule has 1 saturated heterocycles. The van der Waals surface area contributed by atoms with Crippen molar-refractivity contribution in [2.45, 2.75) is 12.5 Å². The second-order valence-corrected chi connectivity index (χ2v) is 4.23. The molecule has 0 saturated carbocycles. The van der Waals surface area contributed by atoms with Crippen LogP contribution in [0.5, 0.6) is 0 Å². The van der Waals surface area contributed by atoms with E-state index in [1.54, 1.807) is 12.3 Å². The standard InChI is InChI=1S/C11H16N4O2/c1-14(10-3-2-8(12)6-13-10)9-4-5-15(7-9)11(16)17/h2-3,6,9H,4-5,7,12H2,1H3,(H,16,17)/t9-/m0/s1. The summed E-state index contributed by atoms with van der Waals surface area (Å²) in [5.41, 5.74) is 6.20. The molecule has 6 heteroatoms. The highest BCUT2D eigenvalue weighted by atomic mass is 16.4. The van der Waals surface area contributed by atoms with Gasteiger partial charge in [0, 0.05) is 26.2 Å². The molecule has 2 rings (SSSR count). The Hall–Kier alpha value is -1.98. The molecule has 6 nitrogen and oxygen atoms in total. The lowest BCUT2D eigenvalue weighted by Crippen LogP contribution is -2.36. The molecule has 2 heterocycles. The number of nitrogens with two attached hydrogens (primary N) is 1. The van der Waals surface area contributed by atoms with E-state index in [4.69, 9.17) is 10.8 Å². The van der Waals surface area contributed by atoms with Crippen LogP contribution in [0.2, 0.25) is 0 Å². The second-order valence-electron chi connectivity index (χ2n) is 4.23. The van der Waals surface area contributed by atoms with Crippen molar-refractivity contribution in [3.63, 3.8) is 0 Å². The predicted octanol–water partition coefficient (Wildman–Crippen LogP) is 0.852. The van der Waals surface area contributed by atoms with Crippen LogP contribution in [0.4, 0.5) is 16.3 Å². The molecule has 0 aliphatic carbocycles. The van der Waals surface area contributed by atoms with Gasteiger partial charge >= 0.3 is 6.09 Å². The molecule has 1 fully saturated rings. The number of hydrogen-bond donors (Lipinski definition) is 2. The first-order valence-electron chi connectivity index (χ1n) is 5.50. The van der Waals surface area contributed by atoms with E-state index in [-0.39, 0.29) is 6.04 Å². The van der Waals surface area contributed by atoms with Gasteiger partial charge in [0.05, 0.1) is 11.9 Å². The van der Waals surface area contributed by atoms with E-state index in [0.717, 1.165) is 12.2 Å². The zero-order chi connectivity index (χ0) is 12.4. The molecule has 1 aliphatic heterocycles. The maximum atomic E-state index is 10.8. The monoisotopic (exact) mass is 236 g/mol. The number of likely N-dealkylation sites (tertiary alicyclic amines) is 1. The molecule has 0 bridgehead atoms. The van der Waals surface area contributed by atoms with Crippen LogP contribution >= 0.6 is 0 Å². The molecule has 1 aliphatic rings. The first kappa shape index (κ1) is 11.5. The minimum Gasteiger partial charge on any atom is -0.465 e. The third-order valence-corrected chi connectivity index (χ3v) is 3.11. The van der Waals surface area contributed by atoms with E-state index in [1.165, 1.54) is 4.90 Å². The lowest BCUT2D eigenvalue weighted by molar-refractivity contribution is 0.155. The quantitative estimate of drug-likeness (QED) is 0.795. The number of hydrogen-bond acceptors (Lipinski definition) is 4. The fourth-order valence-corrected chi connectivity index (χ4v) is 2.02. The van der Waals surface area contributed by atoms with Crippen LogP contribution in [0.3, 0.4) is 0 Å². The summed E-state index contributed by atoms with van der Waals surface area (Å²) in [7, 11) is 1.93. The molecular formula is C11H16N4O2. The summed E-state index contributed by atoms with van der Waals surface area (Å²) in [6, 6.07) is 3.82. The Morgan fingerprint density at radius 3 is 2.94 bits per heavy atom. The van der Waals surface area contributed by atoms with Gasteiger partial charge in [0.25, 0.3) is 0 Å². The van der Waals surface area contributed by atoms with E-state index < -0.39 is 6.09 Å². The van der Waals surface area contributed by atoms with Crippen molar-refractivity contribution in [3.8, 4) is 0 Å². The van der Waals surface area contributed by atoms with Crippen LogP contribution in [0.25, 0.3) is 0 Å². The molecule has 1 aromatic rings. The number of amides is 1. The molecule has 0 unspecified atom stereocenters. The van der Waals surface area contributed by atoms with Crippen molar-refractivity contribution in [1.82, 2.24) is 9.88 Å². The van der Waals surface area contributed by atoms with Crippen molar-refractivity contribution in [2.75, 3.05) is 30.8 Å². The molecule has 1 aromatic heterocycles. The highest BCUT2D eigenvalue weighted by molar-refractivity contribution is 5.65. The fraction of sp³-hybridized carbons (Fsp3) is 0.455. The lowest BCUT2D eigenvalue weighted by atomic mass is 10.2. The SMILES string of the molecule is CN(c1ccc(N)cn1)[C@H]1CCN(C(=O)O)C1. The van der Waals surface area contributed by atoms with E-state index in [0.29, 0.717) is 18.8 Å². The maximum absolute atomic E-state index is 10.8. The van der Waals surface area contributed by atoms with Crippen molar-refractivity contribution < 1.29 is 9.90 Å². The van der Waals surface area contributed by atoms with Crippen LogP contribution in [0, 0.1) is 0 Å². The molecule has 17 heavy (non-hydrogen) atoms. The van der Waals surface area contributed by atoms with Crippen LogP contribution < -0.4 is 10.6 Å². The van der Waals surface area contributed by atoms with Gasteiger partial charge in [-0.2, -0.15) is 0 Å². The van der Waals surface area contributed by atoms with Crippen LogP contribution in [-0.4, -0.2) is 47.3 Å². The number of carboxylic acid groups (broad SMARTS) is 1. The smallest absolute Gasteiger partial charge is 0.407 e. The van der Waals surface area contributed by atoms with Crippen LogP contribution in [-0.2, 0) is 0 Å². The first-order valence-corrected chi connectivity index (χ1v) is 5.50. The number of nitrogens with zero attached hydrogens (tertiary/aromatic N) is 3. The Bertz CT molecular complexity index is 406. The van der Waals surface area contributed by atoms with Gasteiger partial charge in [-0.25, -0.2) is 9.78 Å². The largest absolute Gasteiger partial charge is 0.465 e. The van der Waals surface area contributed by atoms with E-state index >= 15 is 0 Å². The zero-order valence-corrected chi connectivity index (χ0v) is 9.71. The lowest BCUT2D eigenvalue weighted by Gasteiger charge is -2.25. The van der Waals surface area contributed by atoms with E-state index in [1.807, 2.05) is 18.0 Å². The average Bonchev–Trinajstić information content (AvgIpc) is 2.78. The summed E-state index contributed by atoms with van der Waals surface area (Å²) in [4.78, 5) is 18.5. The molecule has 92 valence electrons. The van der Waals surface area contributed by atoms with Gasteiger partial charge in [0.1, 0.15) is 5.82 Å². The van der Waals surface area contributed by atoms with E-state index in [9.17, 15) is 4.79 Å². The summed E-state index contributed by atoms with van der Waals surface area (Å²) in [6.07, 6.45) is 1.58. The Morgan fingerprint density at radius 2 is 2.41 bits per heavy atom. The van der Waals surface area contributed by atoms with Crippen LogP contribution in [0.1, 0.15) is 6.42 Å². The second kappa shape index (κ2) is 4.48. The number of carbonyl (C=O) groups is 1. The Morgan fingerprint density at radius 1 is 1.65 bits per heavy atom. The fourth-order valence-electron chi connectivity index (χ4n) is 2.02. The van der Waals surface area contributed by atoms with Crippen LogP contribution in [0.15, 0.2) is 18.3 Å². The Balaban J connectivity index is 2.04. The van der Waals surface area contributed by atoms with Gasteiger partial charge in [0.2, 0.25) is 0 Å². The summed E-state index contributed by atoms with van der Waals surface area (Å²) in [6.45, 7) is 1.11. The number of likely N-dealkylation sites (N-methyl/N-ethyl adjacent to an activating group) is 1. The summed E-state index contributed by atoms with van der Waals surface area (Å²) in [5, 5.41) is 8.90. The van der Waals surface area contributed by atoms with Crippen molar-refractivity contribution >= 4 is 17.6 Å². The summed E-state index contributed by atoms with van der Waals surface area (Å²) >= 11 is 0. The number of aromatic nitrogens is 1. The predicted molar refractivity (Wildman–Crippen MR) is 65.1 cm³/mol. The van der Waals surface area contributed by atoms with Gasteiger partial charge in [0.15, 0.2) is 0 Å². The van der Waals surface area contributed by atoms with Gasteiger partial charge in [-0.1, -0.05) is 0 Å². The summed E-state index contributed by atoms with van der Waals surface area (Å²) in [5.74, 6) is 0.816. The summed E-state index contributed by atoms with van der Waals surface area (Å²) < 4.78 is 0. The number of nitrogen functional groups attached to an aromatic ring is 1. The third kappa shape index (κ3) is 2.41. The molecule has 3 N–H and O–H groups in total. The number of pyridine rings is 1. The maximum Gasteiger partial charge on any atom is 0.407 e. The van der Waals surface area contributed by atoms with Gasteiger partial charge in [-0.3, -0.25) is 0 Å². The number of rotatable bonds is 2. The van der Waals surface area contributed by atoms with Gasteiger partial charge < -0.3 is 20.6 Å². The van der Waals surface area contributed by atoms with Crippen molar-refractivity contribution in [2.24, 2.45) is 0 Å². The van der Waals surface area contributed by atoms with Gasteiger partial charge in [-0.05, 0) is 18.6 Å². The average molecular weight is 236 g/mol. The van der Waals surface area contributed by atoms with Crippen molar-refractivity contribution in [3.05, 3.63) is 18.3 Å². The van der Waals surface area contributed by atoms with Gasteiger partial charge in [-0.15, -0.1) is 0 Å². The highest BCUT2D eigenvalue weighted by Crippen LogP contribution is 2.20. The topological polar surface area (TPSA) is 82.7 Å². The number of anilines is 2. The molecule has 1 amide bonds. The Labute approximate surface area is 99.7 Å². The minimum absolute atomic E-state index is 0.183. The molecular weight excluding hydrogens is 220 g/mol.